The molecule has 0 saturated carbocycles. The Kier molecular flexibility index (Phi) is 3.72. The quantitative estimate of drug-likeness (QED) is 0.349. The Morgan fingerprint density at radius 1 is 0.565 bits per heavy atom. The molecule has 0 unspecified atom stereocenters. The maximum atomic E-state index is 6.44. The minimum atomic E-state index is 0.763. The van der Waals surface area contributed by atoms with Gasteiger partial charge >= 0.3 is 0 Å². The number of rotatable bonds is 2. The molecule has 0 aliphatic rings. The predicted octanol–water partition coefficient (Wildman–Crippen LogP) is 6.89. The first-order chi connectivity index (χ1) is 11.2. The van der Waals surface area contributed by atoms with Crippen molar-refractivity contribution >= 4 is 44.7 Å². The maximum Gasteiger partial charge on any atom is 0.0484 e. The van der Waals surface area contributed by atoms with E-state index in [1.165, 1.54) is 21.9 Å². The van der Waals surface area contributed by atoms with Gasteiger partial charge in [0, 0.05) is 20.8 Å². The molecule has 0 aliphatic carbocycles. The summed E-state index contributed by atoms with van der Waals surface area (Å²) < 4.78 is 0. The van der Waals surface area contributed by atoms with Gasteiger partial charge in [0.25, 0.3) is 0 Å². The fourth-order valence-electron chi connectivity index (χ4n) is 3.17. The lowest BCUT2D eigenvalue weighted by atomic mass is 9.92. The number of hydrogen-bond acceptors (Lipinski definition) is 0. The molecule has 112 valence electrons. The van der Waals surface area contributed by atoms with Crippen molar-refractivity contribution < 1.29 is 0 Å². The number of halogens is 2. The minimum absolute atomic E-state index is 0.763. The fraction of sp³-hybridized carbons (Fsp3) is 0.0476. The van der Waals surface area contributed by atoms with Gasteiger partial charge < -0.3 is 0 Å². The van der Waals surface area contributed by atoms with Crippen LogP contribution in [0.2, 0.25) is 10.0 Å². The van der Waals surface area contributed by atoms with Crippen LogP contribution in [0.25, 0.3) is 21.5 Å². The van der Waals surface area contributed by atoms with Crippen LogP contribution in [0.3, 0.4) is 0 Å². The predicted molar refractivity (Wildman–Crippen MR) is 101 cm³/mol. The molecule has 0 bridgehead atoms. The second-order valence-electron chi connectivity index (χ2n) is 5.69. The van der Waals surface area contributed by atoms with E-state index in [1.807, 2.05) is 30.3 Å². The summed E-state index contributed by atoms with van der Waals surface area (Å²) in [5.74, 6) is 0. The third kappa shape index (κ3) is 2.59. The van der Waals surface area contributed by atoms with Gasteiger partial charge in [-0.05, 0) is 46.5 Å². The smallest absolute Gasteiger partial charge is 0.0484 e. The lowest BCUT2D eigenvalue weighted by Gasteiger charge is -2.13. The Bertz CT molecular complexity index is 944. The first-order valence-corrected chi connectivity index (χ1v) is 8.32. The molecule has 4 aromatic carbocycles. The van der Waals surface area contributed by atoms with Crippen LogP contribution in [0.4, 0.5) is 0 Å². The average molecular weight is 337 g/mol. The monoisotopic (exact) mass is 336 g/mol. The third-order valence-corrected chi connectivity index (χ3v) is 4.93. The standard InChI is InChI=1S/C21H14Cl2/c22-20-10-4-8-15-17(12-14-6-2-1-3-7-14)16-9-5-11-21(23)19(16)13-18(15)20/h1-11,13H,12H2. The summed E-state index contributed by atoms with van der Waals surface area (Å²) in [6, 6.07) is 24.7. The number of hydrogen-bond donors (Lipinski definition) is 0. The van der Waals surface area contributed by atoms with Crippen LogP contribution in [-0.2, 0) is 6.42 Å². The highest BCUT2D eigenvalue weighted by molar-refractivity contribution is 6.38. The van der Waals surface area contributed by atoms with Crippen LogP contribution >= 0.6 is 23.2 Å². The summed E-state index contributed by atoms with van der Waals surface area (Å²) >= 11 is 12.9. The van der Waals surface area contributed by atoms with Crippen molar-refractivity contribution in [1.82, 2.24) is 0 Å². The number of benzene rings is 4. The Balaban J connectivity index is 2.09. The Hall–Kier alpha value is -2.02. The first kappa shape index (κ1) is 14.6. The zero-order valence-corrected chi connectivity index (χ0v) is 13.9. The highest BCUT2D eigenvalue weighted by Crippen LogP contribution is 2.36. The molecule has 0 nitrogen and oxygen atoms in total. The van der Waals surface area contributed by atoms with Crippen molar-refractivity contribution in [3.63, 3.8) is 0 Å². The van der Waals surface area contributed by atoms with Gasteiger partial charge in [0.2, 0.25) is 0 Å². The van der Waals surface area contributed by atoms with Crippen LogP contribution in [-0.4, -0.2) is 0 Å². The average Bonchev–Trinajstić information content (AvgIpc) is 2.57. The van der Waals surface area contributed by atoms with E-state index in [4.69, 9.17) is 23.2 Å². The van der Waals surface area contributed by atoms with E-state index >= 15 is 0 Å². The SMILES string of the molecule is Clc1cccc2c(Cc3ccccc3)c3cccc(Cl)c3cc12. The van der Waals surface area contributed by atoms with Gasteiger partial charge in [-0.3, -0.25) is 0 Å². The minimum Gasteiger partial charge on any atom is -0.0837 e. The molecule has 0 aliphatic heterocycles. The largest absolute Gasteiger partial charge is 0.0837 e. The lowest BCUT2D eigenvalue weighted by Crippen LogP contribution is -1.93. The molecule has 0 atom stereocenters. The second kappa shape index (κ2) is 5.88. The Labute approximate surface area is 145 Å². The molecule has 0 N–H and O–H groups in total. The number of fused-ring (bicyclic) bond motifs is 2. The van der Waals surface area contributed by atoms with Gasteiger partial charge in [-0.15, -0.1) is 0 Å². The Morgan fingerprint density at radius 2 is 1.13 bits per heavy atom. The van der Waals surface area contributed by atoms with E-state index in [1.54, 1.807) is 0 Å². The van der Waals surface area contributed by atoms with Crippen molar-refractivity contribution in [2.45, 2.75) is 6.42 Å². The van der Waals surface area contributed by atoms with E-state index in [9.17, 15) is 0 Å². The molecule has 0 fully saturated rings. The molecule has 0 heterocycles. The second-order valence-corrected chi connectivity index (χ2v) is 6.50. The highest BCUT2D eigenvalue weighted by atomic mass is 35.5. The van der Waals surface area contributed by atoms with Crippen LogP contribution < -0.4 is 0 Å². The summed E-state index contributed by atoms with van der Waals surface area (Å²) in [6.45, 7) is 0. The maximum absolute atomic E-state index is 6.44. The highest BCUT2D eigenvalue weighted by Gasteiger charge is 2.12. The van der Waals surface area contributed by atoms with Gasteiger partial charge in [0.15, 0.2) is 0 Å². The molecule has 4 aromatic rings. The van der Waals surface area contributed by atoms with E-state index in [2.05, 4.69) is 42.5 Å². The molecule has 0 saturated heterocycles. The summed E-state index contributed by atoms with van der Waals surface area (Å²) in [4.78, 5) is 0. The van der Waals surface area contributed by atoms with Crippen LogP contribution in [0.15, 0.2) is 72.8 Å². The van der Waals surface area contributed by atoms with Gasteiger partial charge in [0.05, 0.1) is 0 Å². The Morgan fingerprint density at radius 3 is 1.70 bits per heavy atom. The zero-order valence-electron chi connectivity index (χ0n) is 12.4. The van der Waals surface area contributed by atoms with Gasteiger partial charge in [-0.25, -0.2) is 0 Å². The van der Waals surface area contributed by atoms with Crippen molar-refractivity contribution in [2.75, 3.05) is 0 Å². The fourth-order valence-corrected chi connectivity index (χ4v) is 3.63. The molecular formula is C21H14Cl2. The van der Waals surface area contributed by atoms with Crippen molar-refractivity contribution in [2.24, 2.45) is 0 Å². The van der Waals surface area contributed by atoms with E-state index in [0.29, 0.717) is 0 Å². The summed E-state index contributed by atoms with van der Waals surface area (Å²) in [5.41, 5.74) is 2.55. The summed E-state index contributed by atoms with van der Waals surface area (Å²) in [6.07, 6.45) is 0.857. The molecule has 2 heteroatoms. The van der Waals surface area contributed by atoms with Gasteiger partial charge in [0.1, 0.15) is 0 Å². The van der Waals surface area contributed by atoms with Crippen LogP contribution in [0.5, 0.6) is 0 Å². The van der Waals surface area contributed by atoms with Crippen LogP contribution in [0, 0.1) is 0 Å². The molecule has 4 rings (SSSR count). The zero-order chi connectivity index (χ0) is 15.8. The van der Waals surface area contributed by atoms with Gasteiger partial charge in [-0.1, -0.05) is 77.8 Å². The molecular weight excluding hydrogens is 323 g/mol. The normalized spacial score (nSPS) is 11.2. The molecule has 23 heavy (non-hydrogen) atoms. The van der Waals surface area contributed by atoms with Crippen molar-refractivity contribution in [3.8, 4) is 0 Å². The topological polar surface area (TPSA) is 0 Å². The lowest BCUT2D eigenvalue weighted by molar-refractivity contribution is 1.23. The molecule has 0 radical (unpaired) electrons. The van der Waals surface area contributed by atoms with E-state index in [-0.39, 0.29) is 0 Å². The van der Waals surface area contributed by atoms with E-state index < -0.39 is 0 Å². The van der Waals surface area contributed by atoms with Crippen molar-refractivity contribution in [1.29, 1.82) is 0 Å². The summed E-state index contributed by atoms with van der Waals surface area (Å²) in [7, 11) is 0. The van der Waals surface area contributed by atoms with Crippen LogP contribution in [0.1, 0.15) is 11.1 Å². The summed E-state index contributed by atoms with van der Waals surface area (Å²) in [5, 5.41) is 6.02. The molecule has 0 spiro atoms. The molecule has 0 aromatic heterocycles. The van der Waals surface area contributed by atoms with E-state index in [0.717, 1.165) is 27.2 Å². The third-order valence-electron chi connectivity index (χ3n) is 4.27. The van der Waals surface area contributed by atoms with Gasteiger partial charge in [-0.2, -0.15) is 0 Å². The molecule has 0 amide bonds. The first-order valence-electron chi connectivity index (χ1n) is 7.56. The van der Waals surface area contributed by atoms with Crippen molar-refractivity contribution in [3.05, 3.63) is 94.0 Å².